The molecule has 0 heterocycles. The van der Waals surface area contributed by atoms with Crippen LogP contribution < -0.4 is 0 Å². The number of aromatic hydroxyl groups is 1. The molecule has 3 aromatic carbocycles. The molecule has 0 amide bonds. The summed E-state index contributed by atoms with van der Waals surface area (Å²) in [7, 11) is 0. The van der Waals surface area contributed by atoms with Crippen molar-refractivity contribution in [1.82, 2.24) is 0 Å². The highest BCUT2D eigenvalue weighted by Crippen LogP contribution is 2.42. The Kier molecular flexibility index (Phi) is 13.8. The molecule has 3 rings (SSSR count). The molecule has 3 aromatic rings. The lowest BCUT2D eigenvalue weighted by atomic mass is 9.91. The zero-order valence-electron chi connectivity index (χ0n) is 28.3. The number of nitro groups is 2. The molecule has 0 bridgehead atoms. The Labute approximate surface area is 273 Å². The number of nitrogens with zero attached hydrogens (tertiary/aromatic N) is 4. The van der Waals surface area contributed by atoms with Crippen molar-refractivity contribution in [1.29, 1.82) is 0 Å². The van der Waals surface area contributed by atoms with E-state index in [1.807, 2.05) is 31.2 Å². The SMILES string of the molecule is C/C(=C\Cc1c(C)c(N=Nc2ccc([N+](=O)[O-])cc2[N+](=O)[O-])c2ccccc2c1O)CCCC(C)CCCC(C)CCCC(C)C. The Morgan fingerprint density at radius 1 is 0.848 bits per heavy atom. The van der Waals surface area contributed by atoms with Crippen LogP contribution in [0.1, 0.15) is 104 Å². The highest BCUT2D eigenvalue weighted by atomic mass is 16.6. The number of non-ortho nitro benzene ring substituents is 1. The molecule has 2 atom stereocenters. The largest absolute Gasteiger partial charge is 0.507 e. The highest BCUT2D eigenvalue weighted by Gasteiger charge is 2.21. The van der Waals surface area contributed by atoms with E-state index in [2.05, 4.69) is 50.9 Å². The number of rotatable bonds is 18. The van der Waals surface area contributed by atoms with Crippen LogP contribution >= 0.6 is 0 Å². The average Bonchev–Trinajstić information content (AvgIpc) is 3.00. The summed E-state index contributed by atoms with van der Waals surface area (Å²) in [5.74, 6) is 2.51. The maximum atomic E-state index is 11.6. The summed E-state index contributed by atoms with van der Waals surface area (Å²) < 4.78 is 0. The third-order valence-corrected chi connectivity index (χ3v) is 8.95. The lowest BCUT2D eigenvalue weighted by molar-refractivity contribution is -0.393. The van der Waals surface area contributed by atoms with E-state index >= 15 is 0 Å². The Bertz CT molecular complexity index is 1560. The lowest BCUT2D eigenvalue weighted by Crippen LogP contribution is -2.00. The molecule has 0 fully saturated rings. The van der Waals surface area contributed by atoms with E-state index in [1.165, 1.54) is 62.7 Å². The number of benzene rings is 3. The van der Waals surface area contributed by atoms with Gasteiger partial charge in [-0.3, -0.25) is 20.2 Å². The fourth-order valence-corrected chi connectivity index (χ4v) is 6.01. The summed E-state index contributed by atoms with van der Waals surface area (Å²) in [4.78, 5) is 21.3. The number of fused-ring (bicyclic) bond motifs is 1. The second kappa shape index (κ2) is 17.5. The number of hydrogen-bond donors (Lipinski definition) is 1. The summed E-state index contributed by atoms with van der Waals surface area (Å²) in [5, 5.41) is 43.8. The van der Waals surface area contributed by atoms with Gasteiger partial charge in [-0.1, -0.05) is 109 Å². The summed E-state index contributed by atoms with van der Waals surface area (Å²) >= 11 is 0. The molecule has 0 saturated heterocycles. The van der Waals surface area contributed by atoms with Crippen molar-refractivity contribution in [2.45, 2.75) is 106 Å². The van der Waals surface area contributed by atoms with Crippen LogP contribution in [0, 0.1) is 44.9 Å². The van der Waals surface area contributed by atoms with Crippen LogP contribution in [-0.4, -0.2) is 15.0 Å². The summed E-state index contributed by atoms with van der Waals surface area (Å²) in [6.07, 6.45) is 13.9. The van der Waals surface area contributed by atoms with Gasteiger partial charge in [-0.25, -0.2) is 0 Å². The number of allylic oxidation sites excluding steroid dienone is 2. The van der Waals surface area contributed by atoms with Crippen LogP contribution in [0.15, 0.2) is 64.3 Å². The van der Waals surface area contributed by atoms with Gasteiger partial charge in [0.1, 0.15) is 5.75 Å². The molecule has 248 valence electrons. The smallest absolute Gasteiger partial charge is 0.303 e. The van der Waals surface area contributed by atoms with Crippen LogP contribution in [0.5, 0.6) is 5.75 Å². The second-order valence-corrected chi connectivity index (χ2v) is 13.3. The first-order valence-electron chi connectivity index (χ1n) is 16.6. The van der Waals surface area contributed by atoms with Crippen molar-refractivity contribution >= 4 is 33.5 Å². The molecule has 9 heteroatoms. The normalized spacial score (nSPS) is 13.5. The van der Waals surface area contributed by atoms with Gasteiger partial charge < -0.3 is 5.11 Å². The molecular formula is C37H50N4O5. The minimum absolute atomic E-state index is 0.0881. The third-order valence-electron chi connectivity index (χ3n) is 8.95. The van der Waals surface area contributed by atoms with Gasteiger partial charge in [0.05, 0.1) is 21.6 Å². The van der Waals surface area contributed by atoms with Crippen molar-refractivity contribution in [2.75, 3.05) is 0 Å². The van der Waals surface area contributed by atoms with E-state index in [1.54, 1.807) is 0 Å². The van der Waals surface area contributed by atoms with Gasteiger partial charge in [0.25, 0.3) is 5.69 Å². The minimum atomic E-state index is -0.709. The number of phenolic OH excluding ortho intramolecular Hbond substituents is 1. The van der Waals surface area contributed by atoms with Gasteiger partial charge in [0.2, 0.25) is 0 Å². The predicted molar refractivity (Wildman–Crippen MR) is 186 cm³/mol. The summed E-state index contributed by atoms with van der Waals surface area (Å²) in [6, 6.07) is 10.6. The van der Waals surface area contributed by atoms with E-state index in [9.17, 15) is 25.3 Å². The Balaban J connectivity index is 1.68. The molecule has 0 aliphatic carbocycles. The second-order valence-electron chi connectivity index (χ2n) is 13.3. The van der Waals surface area contributed by atoms with Gasteiger partial charge in [0, 0.05) is 22.4 Å². The van der Waals surface area contributed by atoms with Gasteiger partial charge in [-0.05, 0) is 62.5 Å². The fourth-order valence-electron chi connectivity index (χ4n) is 6.01. The lowest BCUT2D eigenvalue weighted by Gasteiger charge is -2.15. The molecule has 0 radical (unpaired) electrons. The van der Waals surface area contributed by atoms with Gasteiger partial charge in [0.15, 0.2) is 5.69 Å². The van der Waals surface area contributed by atoms with Crippen molar-refractivity contribution in [3.8, 4) is 5.75 Å². The third kappa shape index (κ3) is 10.5. The van der Waals surface area contributed by atoms with Gasteiger partial charge in [-0.15, -0.1) is 10.2 Å². The van der Waals surface area contributed by atoms with Crippen molar-refractivity contribution in [3.63, 3.8) is 0 Å². The van der Waals surface area contributed by atoms with Crippen LogP contribution in [0.25, 0.3) is 10.8 Å². The summed E-state index contributed by atoms with van der Waals surface area (Å²) in [5.41, 5.74) is 2.22. The highest BCUT2D eigenvalue weighted by molar-refractivity contribution is 5.99. The van der Waals surface area contributed by atoms with Gasteiger partial charge in [-0.2, -0.15) is 0 Å². The van der Waals surface area contributed by atoms with Crippen LogP contribution in [-0.2, 0) is 6.42 Å². The topological polar surface area (TPSA) is 131 Å². The molecule has 0 aliphatic rings. The molecule has 0 spiro atoms. The first kappa shape index (κ1) is 36.3. The Hall–Kier alpha value is -4.14. The molecule has 0 aliphatic heterocycles. The maximum Gasteiger partial charge on any atom is 0.303 e. The van der Waals surface area contributed by atoms with Crippen LogP contribution in [0.3, 0.4) is 0 Å². The number of nitro benzene ring substituents is 2. The summed E-state index contributed by atoms with van der Waals surface area (Å²) in [6.45, 7) is 13.3. The van der Waals surface area contributed by atoms with E-state index in [-0.39, 0.29) is 11.4 Å². The predicted octanol–water partition coefficient (Wildman–Crippen LogP) is 12.0. The standard InChI is InChI=1S/C37H50N4O5/c1-25(2)12-9-13-26(3)14-10-15-27(4)16-11-17-28(5)20-22-31-29(6)36(32-18-7-8-19-33(32)37(31)42)39-38-34-23-21-30(40(43)44)24-35(34)41(45)46/h7-8,18-21,23-27,42H,9-17,22H2,1-6H3/b28-20+,39-38?. The first-order chi connectivity index (χ1) is 21.9. The van der Waals surface area contributed by atoms with E-state index < -0.39 is 21.2 Å². The minimum Gasteiger partial charge on any atom is -0.507 e. The first-order valence-corrected chi connectivity index (χ1v) is 16.6. The fraction of sp³-hybridized carbons (Fsp3) is 0.514. The Morgan fingerprint density at radius 3 is 2.07 bits per heavy atom. The Morgan fingerprint density at radius 2 is 1.46 bits per heavy atom. The quantitative estimate of drug-likeness (QED) is 0.0646. The average molecular weight is 631 g/mol. The van der Waals surface area contributed by atoms with E-state index in [4.69, 9.17) is 0 Å². The molecular weight excluding hydrogens is 580 g/mol. The van der Waals surface area contributed by atoms with Crippen molar-refractivity contribution < 1.29 is 15.0 Å². The van der Waals surface area contributed by atoms with Crippen LogP contribution in [0.4, 0.5) is 22.7 Å². The van der Waals surface area contributed by atoms with Crippen LogP contribution in [0.2, 0.25) is 0 Å². The zero-order valence-corrected chi connectivity index (χ0v) is 28.3. The van der Waals surface area contributed by atoms with Crippen molar-refractivity contribution in [2.24, 2.45) is 28.0 Å². The van der Waals surface area contributed by atoms with Gasteiger partial charge >= 0.3 is 5.69 Å². The molecule has 1 N–H and O–H groups in total. The molecule has 0 saturated carbocycles. The molecule has 9 nitrogen and oxygen atoms in total. The molecule has 2 unspecified atom stereocenters. The molecule has 46 heavy (non-hydrogen) atoms. The number of azo groups is 1. The van der Waals surface area contributed by atoms with E-state index in [0.717, 1.165) is 41.9 Å². The zero-order chi connectivity index (χ0) is 33.8. The molecule has 0 aromatic heterocycles. The number of hydrogen-bond acceptors (Lipinski definition) is 7. The van der Waals surface area contributed by atoms with Crippen molar-refractivity contribution in [3.05, 3.63) is 85.5 Å². The maximum absolute atomic E-state index is 11.6. The number of phenols is 1. The monoisotopic (exact) mass is 630 g/mol. The van der Waals surface area contributed by atoms with E-state index in [0.29, 0.717) is 28.8 Å².